The normalized spacial score (nSPS) is 18.1. The molecular formula is C14H25N3OS. The monoisotopic (exact) mass is 283 g/mol. The van der Waals surface area contributed by atoms with Gasteiger partial charge in [-0.3, -0.25) is 4.90 Å². The fourth-order valence-electron chi connectivity index (χ4n) is 2.79. The van der Waals surface area contributed by atoms with Crippen molar-refractivity contribution in [3.05, 3.63) is 17.1 Å². The standard InChI is InChI=1S/C14H25N3OS/c1-14(2,12-17-6-8-18-9-7-17)11-16(3)10-13-4-5-15-19-13/h4-5H,6-12H2,1-3H3. The van der Waals surface area contributed by atoms with Crippen molar-refractivity contribution < 1.29 is 4.74 Å². The van der Waals surface area contributed by atoms with Gasteiger partial charge in [-0.15, -0.1) is 0 Å². The Labute approximate surface area is 120 Å². The van der Waals surface area contributed by atoms with E-state index in [-0.39, 0.29) is 0 Å². The maximum absolute atomic E-state index is 5.41. The van der Waals surface area contributed by atoms with Crippen molar-refractivity contribution in [2.75, 3.05) is 46.4 Å². The van der Waals surface area contributed by atoms with Gasteiger partial charge in [-0.1, -0.05) is 13.8 Å². The molecule has 2 heterocycles. The molecule has 2 rings (SSSR count). The first-order valence-corrected chi connectivity index (χ1v) is 7.71. The zero-order chi connectivity index (χ0) is 13.7. The molecule has 1 fully saturated rings. The van der Waals surface area contributed by atoms with Gasteiger partial charge in [0.1, 0.15) is 0 Å². The van der Waals surface area contributed by atoms with Crippen LogP contribution in [0.1, 0.15) is 18.7 Å². The molecule has 0 bridgehead atoms. The van der Waals surface area contributed by atoms with Crippen molar-refractivity contribution in [3.63, 3.8) is 0 Å². The molecule has 1 aromatic heterocycles. The van der Waals surface area contributed by atoms with E-state index in [1.54, 1.807) is 11.5 Å². The zero-order valence-corrected chi connectivity index (χ0v) is 13.1. The predicted octanol–water partition coefficient (Wildman–Crippen LogP) is 1.93. The summed E-state index contributed by atoms with van der Waals surface area (Å²) in [5, 5.41) is 0. The van der Waals surface area contributed by atoms with E-state index in [9.17, 15) is 0 Å². The lowest BCUT2D eigenvalue weighted by Gasteiger charge is -2.37. The zero-order valence-electron chi connectivity index (χ0n) is 12.3. The Kier molecular flexibility index (Phi) is 5.33. The molecule has 4 nitrogen and oxygen atoms in total. The minimum absolute atomic E-state index is 0.302. The van der Waals surface area contributed by atoms with Crippen molar-refractivity contribution in [2.24, 2.45) is 5.41 Å². The average molecular weight is 283 g/mol. The Bertz CT molecular complexity index is 361. The highest BCUT2D eigenvalue weighted by atomic mass is 32.1. The second kappa shape index (κ2) is 6.79. The molecule has 0 unspecified atom stereocenters. The van der Waals surface area contributed by atoms with Crippen molar-refractivity contribution >= 4 is 11.5 Å². The fourth-order valence-corrected chi connectivity index (χ4v) is 3.45. The fraction of sp³-hybridized carbons (Fsp3) is 0.786. The summed E-state index contributed by atoms with van der Waals surface area (Å²) in [7, 11) is 2.20. The quantitative estimate of drug-likeness (QED) is 0.798. The molecule has 1 aliphatic rings. The second-order valence-electron chi connectivity index (χ2n) is 6.20. The molecule has 0 saturated carbocycles. The Morgan fingerprint density at radius 2 is 2.16 bits per heavy atom. The smallest absolute Gasteiger partial charge is 0.0594 e. The van der Waals surface area contributed by atoms with Crippen molar-refractivity contribution in [3.8, 4) is 0 Å². The van der Waals surface area contributed by atoms with E-state index in [1.165, 1.54) is 4.88 Å². The first kappa shape index (κ1) is 14.9. The number of nitrogens with zero attached hydrogens (tertiary/aromatic N) is 3. The summed E-state index contributed by atoms with van der Waals surface area (Å²) in [4.78, 5) is 6.25. The molecule has 108 valence electrons. The van der Waals surface area contributed by atoms with Gasteiger partial charge in [-0.05, 0) is 30.1 Å². The summed E-state index contributed by atoms with van der Waals surface area (Å²) in [6.07, 6.45) is 1.88. The number of morpholine rings is 1. The molecule has 1 aliphatic heterocycles. The Hall–Kier alpha value is -0.490. The lowest BCUT2D eigenvalue weighted by molar-refractivity contribution is 0.0161. The molecule has 0 aromatic carbocycles. The van der Waals surface area contributed by atoms with E-state index >= 15 is 0 Å². The molecule has 0 radical (unpaired) electrons. The number of ether oxygens (including phenoxy) is 1. The van der Waals surface area contributed by atoms with Crippen LogP contribution in [0.3, 0.4) is 0 Å². The number of rotatable bonds is 6. The summed E-state index contributed by atoms with van der Waals surface area (Å²) in [6.45, 7) is 11.9. The molecule has 0 N–H and O–H groups in total. The van der Waals surface area contributed by atoms with Crippen LogP contribution in [-0.2, 0) is 11.3 Å². The van der Waals surface area contributed by atoms with Gasteiger partial charge in [0.25, 0.3) is 0 Å². The molecular weight excluding hydrogens is 258 g/mol. The highest BCUT2D eigenvalue weighted by Crippen LogP contribution is 2.20. The lowest BCUT2D eigenvalue weighted by atomic mass is 9.92. The summed E-state index contributed by atoms with van der Waals surface area (Å²) in [5.41, 5.74) is 0.302. The summed E-state index contributed by atoms with van der Waals surface area (Å²) >= 11 is 1.59. The number of aromatic nitrogens is 1. The van der Waals surface area contributed by atoms with Crippen molar-refractivity contribution in [1.29, 1.82) is 0 Å². The van der Waals surface area contributed by atoms with E-state index in [1.807, 2.05) is 6.20 Å². The van der Waals surface area contributed by atoms with E-state index in [4.69, 9.17) is 4.74 Å². The largest absolute Gasteiger partial charge is 0.379 e. The predicted molar refractivity (Wildman–Crippen MR) is 79.5 cm³/mol. The third-order valence-electron chi connectivity index (χ3n) is 3.37. The van der Waals surface area contributed by atoms with E-state index < -0.39 is 0 Å². The topological polar surface area (TPSA) is 28.6 Å². The van der Waals surface area contributed by atoms with Crippen LogP contribution >= 0.6 is 11.5 Å². The molecule has 1 saturated heterocycles. The van der Waals surface area contributed by atoms with Crippen LogP contribution in [-0.4, -0.2) is 60.6 Å². The van der Waals surface area contributed by atoms with Crippen molar-refractivity contribution in [1.82, 2.24) is 14.2 Å². The summed E-state index contributed by atoms with van der Waals surface area (Å²) in [5.74, 6) is 0. The van der Waals surface area contributed by atoms with Gasteiger partial charge < -0.3 is 9.64 Å². The van der Waals surface area contributed by atoms with Gasteiger partial charge in [0.05, 0.1) is 13.2 Å². The van der Waals surface area contributed by atoms with E-state index in [0.29, 0.717) is 5.41 Å². The maximum atomic E-state index is 5.41. The highest BCUT2D eigenvalue weighted by Gasteiger charge is 2.24. The van der Waals surface area contributed by atoms with Gasteiger partial charge >= 0.3 is 0 Å². The minimum atomic E-state index is 0.302. The average Bonchev–Trinajstić information content (AvgIpc) is 2.81. The minimum Gasteiger partial charge on any atom is -0.379 e. The maximum Gasteiger partial charge on any atom is 0.0594 e. The molecule has 1 aromatic rings. The van der Waals surface area contributed by atoms with E-state index in [2.05, 4.69) is 41.1 Å². The van der Waals surface area contributed by atoms with Gasteiger partial charge in [0, 0.05) is 43.8 Å². The van der Waals surface area contributed by atoms with Crippen molar-refractivity contribution in [2.45, 2.75) is 20.4 Å². The Morgan fingerprint density at radius 1 is 1.42 bits per heavy atom. The van der Waals surface area contributed by atoms with Gasteiger partial charge in [-0.25, -0.2) is 4.37 Å². The summed E-state index contributed by atoms with van der Waals surface area (Å²) < 4.78 is 9.57. The Morgan fingerprint density at radius 3 is 2.79 bits per heavy atom. The molecule has 0 atom stereocenters. The number of hydrogen-bond acceptors (Lipinski definition) is 5. The molecule has 19 heavy (non-hydrogen) atoms. The first-order valence-electron chi connectivity index (χ1n) is 6.93. The van der Waals surface area contributed by atoms with Crippen LogP contribution in [0.4, 0.5) is 0 Å². The van der Waals surface area contributed by atoms with Gasteiger partial charge in [0.2, 0.25) is 0 Å². The second-order valence-corrected chi connectivity index (χ2v) is 7.12. The SMILES string of the molecule is CN(Cc1ccns1)CC(C)(C)CN1CCOCC1. The first-order chi connectivity index (χ1) is 9.05. The molecule has 0 aliphatic carbocycles. The van der Waals surface area contributed by atoms with E-state index in [0.717, 1.165) is 45.9 Å². The summed E-state index contributed by atoms with van der Waals surface area (Å²) in [6, 6.07) is 2.11. The van der Waals surface area contributed by atoms with Crippen LogP contribution in [0.2, 0.25) is 0 Å². The number of hydrogen-bond donors (Lipinski definition) is 0. The molecule has 5 heteroatoms. The van der Waals surface area contributed by atoms with Crippen LogP contribution in [0.5, 0.6) is 0 Å². The Balaban J connectivity index is 1.78. The van der Waals surface area contributed by atoms with Crippen LogP contribution in [0, 0.1) is 5.41 Å². The van der Waals surface area contributed by atoms with Crippen LogP contribution < -0.4 is 0 Å². The third kappa shape index (κ3) is 5.18. The molecule has 0 amide bonds. The third-order valence-corrected chi connectivity index (χ3v) is 4.10. The highest BCUT2D eigenvalue weighted by molar-refractivity contribution is 7.05. The van der Waals surface area contributed by atoms with Gasteiger partial charge in [0.15, 0.2) is 0 Å². The van der Waals surface area contributed by atoms with Gasteiger partial charge in [-0.2, -0.15) is 0 Å². The van der Waals surface area contributed by atoms with Crippen LogP contribution in [0.25, 0.3) is 0 Å². The molecule has 0 spiro atoms. The van der Waals surface area contributed by atoms with Crippen LogP contribution in [0.15, 0.2) is 12.3 Å². The lowest BCUT2D eigenvalue weighted by Crippen LogP contribution is -2.45.